The third kappa shape index (κ3) is 4.58. The Hall–Kier alpha value is -3.03. The Bertz CT molecular complexity index is 1050. The second-order valence-corrected chi connectivity index (χ2v) is 6.54. The lowest BCUT2D eigenvalue weighted by Gasteiger charge is -2.17. The van der Waals surface area contributed by atoms with E-state index in [1.807, 2.05) is 0 Å². The minimum atomic E-state index is -4.98. The van der Waals surface area contributed by atoms with E-state index in [0.29, 0.717) is 16.3 Å². The smallest absolute Gasteiger partial charge is 0.390 e. The highest BCUT2D eigenvalue weighted by Crippen LogP contribution is 2.30. The summed E-state index contributed by atoms with van der Waals surface area (Å²) in [6.45, 7) is -0.390. The average molecular weight is 431 g/mol. The van der Waals surface area contributed by atoms with Crippen molar-refractivity contribution in [3.05, 3.63) is 72.5 Å². The number of aromatic nitrogens is 2. The molecule has 0 unspecified atom stereocenters. The molecule has 0 radical (unpaired) electrons. The Kier molecular flexibility index (Phi) is 6.05. The van der Waals surface area contributed by atoms with Crippen LogP contribution in [0.5, 0.6) is 0 Å². The zero-order valence-electron chi connectivity index (χ0n) is 15.2. The molecule has 30 heavy (non-hydrogen) atoms. The molecule has 1 fully saturated rings. The van der Waals surface area contributed by atoms with Crippen LogP contribution in [-0.2, 0) is 22.3 Å². The predicted octanol–water partition coefficient (Wildman–Crippen LogP) is 1.33. The van der Waals surface area contributed by atoms with Crippen molar-refractivity contribution in [2.75, 3.05) is 6.61 Å². The van der Waals surface area contributed by atoms with Crippen molar-refractivity contribution >= 4 is 5.69 Å². The molecule has 3 rings (SSSR count). The molecule has 3 atom stereocenters. The van der Waals surface area contributed by atoms with Crippen LogP contribution in [0.3, 0.4) is 0 Å². The highest BCUT2D eigenvalue weighted by Gasteiger charge is 2.39. The molecule has 0 aliphatic carbocycles. The van der Waals surface area contributed by atoms with Gasteiger partial charge in [0.05, 0.1) is 29.8 Å². The van der Waals surface area contributed by atoms with Gasteiger partial charge in [0.1, 0.15) is 17.9 Å². The molecule has 162 valence electrons. The fourth-order valence-corrected chi connectivity index (χ4v) is 3.03. The number of nitro benzene ring substituents is 1. The van der Waals surface area contributed by atoms with Crippen LogP contribution in [0.2, 0.25) is 0 Å². The van der Waals surface area contributed by atoms with Crippen molar-refractivity contribution in [2.24, 2.45) is 0 Å². The van der Waals surface area contributed by atoms with E-state index in [0.717, 1.165) is 0 Å². The zero-order chi connectivity index (χ0) is 22.1. The first-order chi connectivity index (χ1) is 14.1. The average Bonchev–Trinajstić information content (AvgIpc) is 3.01. The largest absolute Gasteiger partial charge is 0.423 e. The Morgan fingerprint density at radius 1 is 1.33 bits per heavy atom. The van der Waals surface area contributed by atoms with Crippen molar-refractivity contribution in [3.8, 4) is 0 Å². The first kappa shape index (κ1) is 21.7. The van der Waals surface area contributed by atoms with Crippen molar-refractivity contribution in [1.29, 1.82) is 0 Å². The summed E-state index contributed by atoms with van der Waals surface area (Å²) in [5.74, 6) is 0. The molecule has 0 amide bonds. The van der Waals surface area contributed by atoms with Crippen LogP contribution in [0.4, 0.5) is 18.9 Å². The van der Waals surface area contributed by atoms with Crippen LogP contribution in [-0.4, -0.2) is 38.4 Å². The van der Waals surface area contributed by atoms with Gasteiger partial charge >= 0.3 is 11.9 Å². The van der Waals surface area contributed by atoms with Gasteiger partial charge in [0.25, 0.3) is 11.2 Å². The number of nitro groups is 1. The highest BCUT2D eigenvalue weighted by atomic mass is 19.4. The summed E-state index contributed by atoms with van der Waals surface area (Å²) in [6, 6.07) is 5.87. The lowest BCUT2D eigenvalue weighted by Crippen LogP contribution is -2.36. The number of benzene rings is 1. The number of aliphatic hydroxyl groups is 1. The minimum absolute atomic E-state index is 0.150. The summed E-state index contributed by atoms with van der Waals surface area (Å²) in [7, 11) is 0. The molecule has 10 nitrogen and oxygen atoms in total. The number of H-pyrrole nitrogens is 1. The van der Waals surface area contributed by atoms with Crippen molar-refractivity contribution in [3.63, 3.8) is 0 Å². The SMILES string of the molecule is O=c1[nH]c(=O)n([C@H]2C[C@H](O)[C@@H](COCc3ccccc3[N+](=O)[O-])O2)cc1C(F)(F)F. The van der Waals surface area contributed by atoms with Gasteiger partial charge in [-0.25, -0.2) is 4.79 Å². The molecule has 2 aromatic rings. The standard InChI is InChI=1S/C17H16F3N3O7/c18-17(19,20)10-6-22(16(26)21-15(10)25)14-5-12(24)13(30-14)8-29-7-9-3-1-2-4-11(9)23(27)28/h1-4,6,12-14,24H,5,7-8H2,(H,21,25,26)/t12-,13+,14+/m0/s1. The number of hydrogen-bond donors (Lipinski definition) is 2. The van der Waals surface area contributed by atoms with Crippen LogP contribution in [0.25, 0.3) is 0 Å². The third-order valence-corrected chi connectivity index (χ3v) is 4.52. The monoisotopic (exact) mass is 431 g/mol. The fraction of sp³-hybridized carbons (Fsp3) is 0.412. The van der Waals surface area contributed by atoms with Crippen LogP contribution in [0.1, 0.15) is 23.8 Å². The van der Waals surface area contributed by atoms with E-state index in [1.54, 1.807) is 11.1 Å². The first-order valence-corrected chi connectivity index (χ1v) is 8.64. The highest BCUT2D eigenvalue weighted by molar-refractivity contribution is 5.39. The van der Waals surface area contributed by atoms with Crippen LogP contribution in [0.15, 0.2) is 40.1 Å². The van der Waals surface area contributed by atoms with Gasteiger partial charge in [0.15, 0.2) is 0 Å². The van der Waals surface area contributed by atoms with Crippen molar-refractivity contribution in [1.82, 2.24) is 9.55 Å². The number of para-hydroxylation sites is 1. The molecule has 1 saturated heterocycles. The number of halogens is 3. The Balaban J connectivity index is 1.69. The number of nitrogens with one attached hydrogen (secondary N) is 1. The molecule has 0 spiro atoms. The lowest BCUT2D eigenvalue weighted by atomic mass is 10.2. The molecule has 2 N–H and O–H groups in total. The number of nitrogens with zero attached hydrogens (tertiary/aromatic N) is 2. The number of ether oxygens (including phenoxy) is 2. The van der Waals surface area contributed by atoms with E-state index in [4.69, 9.17) is 9.47 Å². The summed E-state index contributed by atoms with van der Waals surface area (Å²) in [5.41, 5.74) is -4.13. The summed E-state index contributed by atoms with van der Waals surface area (Å²) in [4.78, 5) is 35.3. The third-order valence-electron chi connectivity index (χ3n) is 4.52. The molecule has 1 aliphatic rings. The maximum absolute atomic E-state index is 12.9. The molecular weight excluding hydrogens is 415 g/mol. The van der Waals surface area contributed by atoms with Gasteiger partial charge in [-0.1, -0.05) is 12.1 Å². The molecular formula is C17H16F3N3O7. The van der Waals surface area contributed by atoms with Crippen LogP contribution >= 0.6 is 0 Å². The maximum Gasteiger partial charge on any atom is 0.423 e. The van der Waals surface area contributed by atoms with Crippen molar-refractivity contribution < 1.29 is 32.7 Å². The minimum Gasteiger partial charge on any atom is -0.390 e. The van der Waals surface area contributed by atoms with Gasteiger partial charge < -0.3 is 14.6 Å². The Morgan fingerprint density at radius 2 is 2.03 bits per heavy atom. The van der Waals surface area contributed by atoms with Gasteiger partial charge in [-0.05, 0) is 6.07 Å². The van der Waals surface area contributed by atoms with Gasteiger partial charge in [-0.2, -0.15) is 13.2 Å². The second kappa shape index (κ2) is 8.38. The fourth-order valence-electron chi connectivity index (χ4n) is 3.03. The van der Waals surface area contributed by atoms with E-state index >= 15 is 0 Å². The number of rotatable bonds is 6. The second-order valence-electron chi connectivity index (χ2n) is 6.54. The molecule has 0 saturated carbocycles. The van der Waals surface area contributed by atoms with Gasteiger partial charge in [0.2, 0.25) is 0 Å². The predicted molar refractivity (Wildman–Crippen MR) is 93.6 cm³/mol. The molecule has 2 heterocycles. The number of aliphatic hydroxyl groups excluding tert-OH is 1. The summed E-state index contributed by atoms with van der Waals surface area (Å²) >= 11 is 0. The molecule has 1 aromatic heterocycles. The van der Waals surface area contributed by atoms with Crippen molar-refractivity contribution in [2.45, 2.75) is 37.6 Å². The zero-order valence-corrected chi connectivity index (χ0v) is 15.2. The van der Waals surface area contributed by atoms with E-state index in [9.17, 15) is 38.0 Å². The van der Waals surface area contributed by atoms with E-state index in [1.165, 1.54) is 18.2 Å². The molecule has 13 heteroatoms. The topological polar surface area (TPSA) is 137 Å². The lowest BCUT2D eigenvalue weighted by molar-refractivity contribution is -0.386. The Morgan fingerprint density at radius 3 is 2.70 bits per heavy atom. The Labute approximate surface area is 165 Å². The van der Waals surface area contributed by atoms with Crippen LogP contribution < -0.4 is 11.2 Å². The van der Waals surface area contributed by atoms with Crippen LogP contribution in [0, 0.1) is 10.1 Å². The van der Waals surface area contributed by atoms with E-state index < -0.39 is 46.3 Å². The first-order valence-electron chi connectivity index (χ1n) is 8.64. The summed E-state index contributed by atoms with van der Waals surface area (Å²) < 4.78 is 50.1. The molecule has 1 aliphatic heterocycles. The number of hydrogen-bond acceptors (Lipinski definition) is 7. The summed E-state index contributed by atoms with van der Waals surface area (Å²) in [6.07, 6.45) is -8.28. The number of alkyl halides is 3. The van der Waals surface area contributed by atoms with Gasteiger partial charge in [0, 0.05) is 18.7 Å². The molecule has 0 bridgehead atoms. The summed E-state index contributed by atoms with van der Waals surface area (Å²) in [5, 5.41) is 21.1. The maximum atomic E-state index is 12.9. The van der Waals surface area contributed by atoms with Gasteiger partial charge in [-0.15, -0.1) is 0 Å². The quantitative estimate of drug-likeness (QED) is 0.520. The molecule has 1 aromatic carbocycles. The van der Waals surface area contributed by atoms with Gasteiger partial charge in [-0.3, -0.25) is 24.5 Å². The van der Waals surface area contributed by atoms with E-state index in [2.05, 4.69) is 0 Å². The number of aromatic amines is 1. The van der Waals surface area contributed by atoms with E-state index in [-0.39, 0.29) is 25.3 Å². The normalized spacial score (nSPS) is 21.7.